The summed E-state index contributed by atoms with van der Waals surface area (Å²) in [4.78, 5) is 8.32. The summed E-state index contributed by atoms with van der Waals surface area (Å²) in [7, 11) is 0. The van der Waals surface area contributed by atoms with E-state index < -0.39 is 0 Å². The maximum Gasteiger partial charge on any atom is 0.141 e. The Hall–Kier alpha value is -1.00. The van der Waals surface area contributed by atoms with Crippen molar-refractivity contribution in [2.45, 2.75) is 38.5 Å². The highest BCUT2D eigenvalue weighted by Gasteiger charge is 2.28. The molecule has 0 saturated heterocycles. The maximum absolute atomic E-state index is 5.49. The Morgan fingerprint density at radius 3 is 2.80 bits per heavy atom. The minimum absolute atomic E-state index is 0.462. The van der Waals surface area contributed by atoms with Gasteiger partial charge in [-0.15, -0.1) is 0 Å². The number of aromatic nitrogens is 2. The van der Waals surface area contributed by atoms with E-state index in [9.17, 15) is 0 Å². The second-order valence-corrected chi connectivity index (χ2v) is 3.79. The number of nitrogens with zero attached hydrogens (tertiary/aromatic N) is 2. The van der Waals surface area contributed by atoms with Crippen LogP contribution < -0.4 is 5.32 Å². The van der Waals surface area contributed by atoms with Gasteiger partial charge in [0.25, 0.3) is 0 Å². The van der Waals surface area contributed by atoms with E-state index in [-0.39, 0.29) is 0 Å². The van der Waals surface area contributed by atoms with Crippen LogP contribution in [0.1, 0.15) is 25.6 Å². The van der Waals surface area contributed by atoms with Gasteiger partial charge in [-0.1, -0.05) is 0 Å². The van der Waals surface area contributed by atoms with Crippen molar-refractivity contribution >= 4 is 0 Å². The van der Waals surface area contributed by atoms with Gasteiger partial charge in [-0.25, -0.2) is 9.97 Å². The van der Waals surface area contributed by atoms with Crippen LogP contribution in [0.2, 0.25) is 0 Å². The fraction of sp³-hybridized carbons (Fsp3) is 0.636. The van der Waals surface area contributed by atoms with Crippen LogP contribution in [0.5, 0.6) is 0 Å². The van der Waals surface area contributed by atoms with Gasteiger partial charge in [0.05, 0.1) is 12.6 Å². The third-order valence-corrected chi connectivity index (χ3v) is 2.67. The summed E-state index contributed by atoms with van der Waals surface area (Å²) in [5.41, 5.74) is 0. The molecule has 82 valence electrons. The molecule has 0 atom stereocenters. The lowest BCUT2D eigenvalue weighted by Crippen LogP contribution is -2.45. The number of ether oxygens (including phenoxy) is 1. The first kappa shape index (κ1) is 10.5. The topological polar surface area (TPSA) is 47.0 Å². The van der Waals surface area contributed by atoms with E-state index in [0.29, 0.717) is 12.1 Å². The highest BCUT2D eigenvalue weighted by molar-refractivity contribution is 4.91. The zero-order chi connectivity index (χ0) is 10.5. The Bertz CT molecular complexity index is 285. The summed E-state index contributed by atoms with van der Waals surface area (Å²) in [5.74, 6) is 0.859. The number of nitrogens with one attached hydrogen (secondary N) is 1. The van der Waals surface area contributed by atoms with Crippen LogP contribution >= 0.6 is 0 Å². The van der Waals surface area contributed by atoms with Crippen molar-refractivity contribution in [3.8, 4) is 0 Å². The van der Waals surface area contributed by atoms with Crippen molar-refractivity contribution < 1.29 is 4.74 Å². The SMILES string of the molecule is CCOC1CC(NCc2ncccn2)C1. The molecule has 0 radical (unpaired) electrons. The Morgan fingerprint density at radius 2 is 2.13 bits per heavy atom. The molecule has 1 aliphatic rings. The molecule has 0 bridgehead atoms. The van der Waals surface area contributed by atoms with Gasteiger partial charge in [-0.3, -0.25) is 0 Å². The lowest BCUT2D eigenvalue weighted by molar-refractivity contribution is -0.0103. The average molecular weight is 207 g/mol. The van der Waals surface area contributed by atoms with Crippen LogP contribution in [0, 0.1) is 0 Å². The molecule has 1 heterocycles. The van der Waals surface area contributed by atoms with E-state index in [0.717, 1.165) is 31.8 Å². The Balaban J connectivity index is 1.64. The van der Waals surface area contributed by atoms with Gasteiger partial charge in [-0.2, -0.15) is 0 Å². The van der Waals surface area contributed by atoms with Crippen molar-refractivity contribution in [3.63, 3.8) is 0 Å². The molecular formula is C11H17N3O. The van der Waals surface area contributed by atoms with Crippen LogP contribution in [0.15, 0.2) is 18.5 Å². The van der Waals surface area contributed by atoms with Crippen LogP contribution in [0.3, 0.4) is 0 Å². The highest BCUT2D eigenvalue weighted by atomic mass is 16.5. The molecule has 0 aromatic carbocycles. The van der Waals surface area contributed by atoms with Crippen molar-refractivity contribution in [1.82, 2.24) is 15.3 Å². The quantitative estimate of drug-likeness (QED) is 0.786. The van der Waals surface area contributed by atoms with Crippen molar-refractivity contribution in [1.29, 1.82) is 0 Å². The summed E-state index contributed by atoms with van der Waals surface area (Å²) < 4.78 is 5.49. The first-order valence-corrected chi connectivity index (χ1v) is 5.49. The molecule has 4 heteroatoms. The fourth-order valence-corrected chi connectivity index (χ4v) is 1.76. The van der Waals surface area contributed by atoms with Crippen LogP contribution in [-0.2, 0) is 11.3 Å². The first-order chi connectivity index (χ1) is 7.38. The van der Waals surface area contributed by atoms with Gasteiger partial charge in [0.2, 0.25) is 0 Å². The second-order valence-electron chi connectivity index (χ2n) is 3.79. The standard InChI is InChI=1S/C11H17N3O/c1-2-15-10-6-9(7-10)14-8-11-12-4-3-5-13-11/h3-5,9-10,14H,2,6-8H2,1H3. The summed E-state index contributed by atoms with van der Waals surface area (Å²) >= 11 is 0. The molecule has 1 saturated carbocycles. The first-order valence-electron chi connectivity index (χ1n) is 5.49. The zero-order valence-corrected chi connectivity index (χ0v) is 9.02. The Labute approximate surface area is 90.1 Å². The summed E-state index contributed by atoms with van der Waals surface area (Å²) in [6.07, 6.45) is 6.23. The lowest BCUT2D eigenvalue weighted by Gasteiger charge is -2.35. The molecule has 1 aromatic heterocycles. The van der Waals surface area contributed by atoms with Crippen molar-refractivity contribution in [3.05, 3.63) is 24.3 Å². The molecule has 1 aliphatic carbocycles. The van der Waals surface area contributed by atoms with Crippen LogP contribution in [-0.4, -0.2) is 28.7 Å². The van der Waals surface area contributed by atoms with Gasteiger partial charge < -0.3 is 10.1 Å². The van der Waals surface area contributed by atoms with Gasteiger partial charge >= 0.3 is 0 Å². The van der Waals surface area contributed by atoms with Crippen molar-refractivity contribution in [2.24, 2.45) is 0 Å². The van der Waals surface area contributed by atoms with Gasteiger partial charge in [0.15, 0.2) is 0 Å². The van der Waals surface area contributed by atoms with Crippen LogP contribution in [0.4, 0.5) is 0 Å². The van der Waals surface area contributed by atoms with Crippen LogP contribution in [0.25, 0.3) is 0 Å². The van der Waals surface area contributed by atoms with E-state index in [1.807, 2.05) is 13.0 Å². The van der Waals surface area contributed by atoms with E-state index in [1.165, 1.54) is 0 Å². The third-order valence-electron chi connectivity index (χ3n) is 2.67. The number of rotatable bonds is 5. The molecular weight excluding hydrogens is 190 g/mol. The molecule has 0 unspecified atom stereocenters. The van der Waals surface area contributed by atoms with Crippen molar-refractivity contribution in [2.75, 3.05) is 6.61 Å². The van der Waals surface area contributed by atoms with E-state index >= 15 is 0 Å². The highest BCUT2D eigenvalue weighted by Crippen LogP contribution is 2.23. The van der Waals surface area contributed by atoms with Gasteiger partial charge in [0.1, 0.15) is 5.82 Å². The van der Waals surface area contributed by atoms with E-state index in [1.54, 1.807) is 12.4 Å². The van der Waals surface area contributed by atoms with Gasteiger partial charge in [-0.05, 0) is 25.8 Å². The molecule has 1 fully saturated rings. The predicted molar refractivity (Wildman–Crippen MR) is 57.3 cm³/mol. The second kappa shape index (κ2) is 5.19. The maximum atomic E-state index is 5.49. The van der Waals surface area contributed by atoms with E-state index in [2.05, 4.69) is 15.3 Å². The molecule has 0 amide bonds. The number of hydrogen-bond acceptors (Lipinski definition) is 4. The summed E-state index contributed by atoms with van der Waals surface area (Å²) in [5, 5.41) is 3.42. The largest absolute Gasteiger partial charge is 0.378 e. The zero-order valence-electron chi connectivity index (χ0n) is 9.02. The predicted octanol–water partition coefficient (Wildman–Crippen LogP) is 1.13. The third kappa shape index (κ3) is 2.97. The molecule has 15 heavy (non-hydrogen) atoms. The molecule has 1 N–H and O–H groups in total. The molecule has 0 aliphatic heterocycles. The minimum atomic E-state index is 0.462. The molecule has 2 rings (SSSR count). The smallest absolute Gasteiger partial charge is 0.141 e. The average Bonchev–Trinajstić information content (AvgIpc) is 2.23. The summed E-state index contributed by atoms with van der Waals surface area (Å²) in [6.45, 7) is 3.61. The Kier molecular flexibility index (Phi) is 3.64. The fourth-order valence-electron chi connectivity index (χ4n) is 1.76. The monoisotopic (exact) mass is 207 g/mol. The molecule has 1 aromatic rings. The lowest BCUT2D eigenvalue weighted by atomic mass is 9.89. The minimum Gasteiger partial charge on any atom is -0.378 e. The van der Waals surface area contributed by atoms with E-state index in [4.69, 9.17) is 4.74 Å². The molecule has 4 nitrogen and oxygen atoms in total. The molecule has 0 spiro atoms. The Morgan fingerprint density at radius 1 is 1.40 bits per heavy atom. The normalized spacial score (nSPS) is 24.9. The summed E-state index contributed by atoms with van der Waals surface area (Å²) in [6, 6.07) is 2.41. The number of hydrogen-bond donors (Lipinski definition) is 1. The van der Waals surface area contributed by atoms with Gasteiger partial charge in [0, 0.05) is 25.0 Å².